The summed E-state index contributed by atoms with van der Waals surface area (Å²) in [4.78, 5) is 11.2. The number of aliphatic carboxylic acids is 1. The van der Waals surface area contributed by atoms with Gasteiger partial charge in [0.25, 0.3) is 0 Å². The number of carboxylic acids is 1. The third-order valence-corrected chi connectivity index (χ3v) is 2.89. The van der Waals surface area contributed by atoms with Crippen LogP contribution in [0.1, 0.15) is 0 Å². The molecule has 1 aromatic carbocycles. The van der Waals surface area contributed by atoms with Crippen molar-refractivity contribution in [3.63, 3.8) is 0 Å². The normalized spacial score (nSPS) is 12.2. The minimum Gasteiger partial charge on any atom is -0.496 e. The highest BCUT2D eigenvalue weighted by Gasteiger charge is 2.15. The van der Waals surface area contributed by atoms with Gasteiger partial charge < -0.3 is 15.6 Å². The summed E-state index contributed by atoms with van der Waals surface area (Å²) in [7, 11) is 1.50. The number of hydrogen-bond donors (Lipinski definition) is 2. The Bertz CT molecular complexity index is 372. The van der Waals surface area contributed by atoms with Gasteiger partial charge in [-0.05, 0) is 18.2 Å². The quantitative estimate of drug-likeness (QED) is 0.627. The first-order valence-electron chi connectivity index (χ1n) is 4.03. The molecule has 0 heterocycles. The highest BCUT2D eigenvalue weighted by molar-refractivity contribution is 8.00. The van der Waals surface area contributed by atoms with Crippen molar-refractivity contribution in [3.05, 3.63) is 23.2 Å². The molecule has 0 fully saturated rings. The first-order chi connectivity index (χ1) is 7.04. The fourth-order valence-electron chi connectivity index (χ4n) is 0.930. The third kappa shape index (κ3) is 3.30. The third-order valence-electron chi connectivity index (χ3n) is 1.62. The molecule has 0 aromatic heterocycles. The van der Waals surface area contributed by atoms with Gasteiger partial charge >= 0.3 is 5.97 Å². The molecule has 1 unspecified atom stereocenters. The fourth-order valence-corrected chi connectivity index (χ4v) is 2.00. The van der Waals surface area contributed by atoms with Gasteiger partial charge in [0, 0.05) is 5.02 Å². The van der Waals surface area contributed by atoms with Gasteiger partial charge in [0.05, 0.1) is 12.0 Å². The molecule has 0 radical (unpaired) electrons. The molecule has 0 bridgehead atoms. The van der Waals surface area contributed by atoms with Crippen LogP contribution in [-0.4, -0.2) is 23.6 Å². The number of carboxylic acid groups (broad SMARTS) is 1. The number of benzene rings is 1. The molecule has 3 N–H and O–H groups in total. The zero-order chi connectivity index (χ0) is 11.4. The number of halogens is 1. The maximum atomic E-state index is 10.6. The number of rotatable bonds is 4. The molecule has 1 atom stereocenters. The minimum atomic E-state index is -1.08. The number of hydrogen-bond acceptors (Lipinski definition) is 4. The zero-order valence-corrected chi connectivity index (χ0v) is 9.51. The van der Waals surface area contributed by atoms with Gasteiger partial charge in [-0.3, -0.25) is 0 Å². The highest BCUT2D eigenvalue weighted by Crippen LogP contribution is 2.33. The summed E-state index contributed by atoms with van der Waals surface area (Å²) in [5.41, 5.74) is 5.39. The largest absolute Gasteiger partial charge is 0.496 e. The molecule has 0 aliphatic carbocycles. The molecule has 6 heteroatoms. The van der Waals surface area contributed by atoms with Crippen LogP contribution in [0.25, 0.3) is 0 Å². The number of thioether (sulfide) groups is 1. The van der Waals surface area contributed by atoms with E-state index in [9.17, 15) is 4.79 Å². The molecular formula is C9H10ClNO3S. The molecule has 0 spiro atoms. The van der Waals surface area contributed by atoms with Crippen LogP contribution >= 0.6 is 23.4 Å². The fraction of sp³-hybridized carbons (Fsp3) is 0.222. The number of nitrogens with two attached hydrogens (primary N) is 1. The predicted octanol–water partition coefficient (Wildman–Crippen LogP) is 1.81. The molecule has 1 rings (SSSR count). The SMILES string of the molecule is COc1ccc(Cl)cc1SC(N)C(=O)O. The van der Waals surface area contributed by atoms with Gasteiger partial charge in [0.1, 0.15) is 5.75 Å². The monoisotopic (exact) mass is 247 g/mol. The lowest BCUT2D eigenvalue weighted by Crippen LogP contribution is -2.26. The van der Waals surface area contributed by atoms with E-state index in [-0.39, 0.29) is 0 Å². The van der Waals surface area contributed by atoms with Crippen molar-refractivity contribution in [2.75, 3.05) is 7.11 Å². The molecule has 0 saturated carbocycles. The lowest BCUT2D eigenvalue weighted by atomic mass is 10.3. The molecule has 0 aliphatic heterocycles. The average molecular weight is 248 g/mol. The molecule has 0 amide bonds. The first-order valence-corrected chi connectivity index (χ1v) is 5.29. The smallest absolute Gasteiger partial charge is 0.331 e. The second kappa shape index (κ2) is 5.25. The van der Waals surface area contributed by atoms with Crippen molar-refractivity contribution in [3.8, 4) is 5.75 Å². The molecule has 0 aliphatic rings. The summed E-state index contributed by atoms with van der Waals surface area (Å²) in [5.74, 6) is -0.525. The van der Waals surface area contributed by atoms with Crippen LogP contribution in [-0.2, 0) is 4.79 Å². The van der Waals surface area contributed by atoms with E-state index in [0.717, 1.165) is 11.8 Å². The van der Waals surface area contributed by atoms with Gasteiger partial charge in [0.2, 0.25) is 0 Å². The van der Waals surface area contributed by atoms with E-state index < -0.39 is 11.3 Å². The van der Waals surface area contributed by atoms with E-state index in [1.165, 1.54) is 7.11 Å². The Balaban J connectivity index is 2.91. The van der Waals surface area contributed by atoms with Crippen LogP contribution in [0.3, 0.4) is 0 Å². The van der Waals surface area contributed by atoms with Crippen molar-refractivity contribution >= 4 is 29.3 Å². The Hall–Kier alpha value is -0.910. The van der Waals surface area contributed by atoms with Crippen molar-refractivity contribution in [1.82, 2.24) is 0 Å². The summed E-state index contributed by atoms with van der Waals surface area (Å²) in [6.07, 6.45) is 0. The average Bonchev–Trinajstić information content (AvgIpc) is 2.18. The molecule has 15 heavy (non-hydrogen) atoms. The van der Waals surface area contributed by atoms with Gasteiger partial charge in [0.15, 0.2) is 5.37 Å². The molecule has 82 valence electrons. The van der Waals surface area contributed by atoms with Crippen LogP contribution in [0, 0.1) is 0 Å². The van der Waals surface area contributed by atoms with Gasteiger partial charge in [-0.1, -0.05) is 23.4 Å². The Kier molecular flexibility index (Phi) is 4.26. The van der Waals surface area contributed by atoms with E-state index in [1.807, 2.05) is 0 Å². The first kappa shape index (κ1) is 12.2. The van der Waals surface area contributed by atoms with Crippen molar-refractivity contribution < 1.29 is 14.6 Å². The highest BCUT2D eigenvalue weighted by atomic mass is 35.5. The van der Waals surface area contributed by atoms with Crippen LogP contribution in [0.15, 0.2) is 23.1 Å². The Morgan fingerprint density at radius 2 is 2.33 bits per heavy atom. The number of carbonyl (C=O) groups is 1. The summed E-state index contributed by atoms with van der Waals surface area (Å²) in [6, 6.07) is 4.95. The lowest BCUT2D eigenvalue weighted by molar-refractivity contribution is -0.136. The van der Waals surface area contributed by atoms with Crippen molar-refractivity contribution in [2.45, 2.75) is 10.3 Å². The van der Waals surface area contributed by atoms with Crippen LogP contribution in [0.4, 0.5) is 0 Å². The molecule has 0 saturated heterocycles. The van der Waals surface area contributed by atoms with Crippen molar-refractivity contribution in [1.29, 1.82) is 0 Å². The molecule has 1 aromatic rings. The maximum absolute atomic E-state index is 10.6. The maximum Gasteiger partial charge on any atom is 0.331 e. The Labute approximate surface area is 96.4 Å². The van der Waals surface area contributed by atoms with E-state index in [4.69, 9.17) is 27.2 Å². The van der Waals surface area contributed by atoms with Crippen molar-refractivity contribution in [2.24, 2.45) is 5.73 Å². The minimum absolute atomic E-state index is 0.510. The Morgan fingerprint density at radius 3 is 2.87 bits per heavy atom. The zero-order valence-electron chi connectivity index (χ0n) is 7.94. The summed E-state index contributed by atoms with van der Waals surface area (Å²) in [6.45, 7) is 0. The van der Waals surface area contributed by atoms with Gasteiger partial charge in [-0.25, -0.2) is 4.79 Å². The summed E-state index contributed by atoms with van der Waals surface area (Å²) < 4.78 is 5.05. The number of ether oxygens (including phenoxy) is 1. The van der Waals surface area contributed by atoms with Crippen LogP contribution in [0.2, 0.25) is 5.02 Å². The Morgan fingerprint density at radius 1 is 1.67 bits per heavy atom. The van der Waals surface area contributed by atoms with Crippen LogP contribution in [0.5, 0.6) is 5.75 Å². The van der Waals surface area contributed by atoms with Gasteiger partial charge in [-0.2, -0.15) is 0 Å². The summed E-state index contributed by atoms with van der Waals surface area (Å²) >= 11 is 6.77. The lowest BCUT2D eigenvalue weighted by Gasteiger charge is -2.10. The molecule has 4 nitrogen and oxygen atoms in total. The predicted molar refractivity (Wildman–Crippen MR) is 59.5 cm³/mol. The van der Waals surface area contributed by atoms with E-state index >= 15 is 0 Å². The second-order valence-electron chi connectivity index (χ2n) is 2.67. The molecular weight excluding hydrogens is 238 g/mol. The van der Waals surface area contributed by atoms with E-state index in [2.05, 4.69) is 0 Å². The van der Waals surface area contributed by atoms with Crippen LogP contribution < -0.4 is 10.5 Å². The van der Waals surface area contributed by atoms with E-state index in [1.54, 1.807) is 18.2 Å². The standard InChI is InChI=1S/C9H10ClNO3S/c1-14-6-3-2-5(10)4-7(6)15-8(11)9(12)13/h2-4,8H,11H2,1H3,(H,12,13). The second-order valence-corrected chi connectivity index (χ2v) is 4.29. The summed E-state index contributed by atoms with van der Waals surface area (Å²) in [5, 5.41) is 8.14. The van der Waals surface area contributed by atoms with E-state index in [0.29, 0.717) is 15.7 Å². The number of methoxy groups -OCH3 is 1. The topological polar surface area (TPSA) is 72.5 Å². The van der Waals surface area contributed by atoms with Gasteiger partial charge in [-0.15, -0.1) is 0 Å².